The quantitative estimate of drug-likeness (QED) is 0.851. The SMILES string of the molecule is C[C@H](NC(=O)N1CCN(c2cc(N3CCOCC3)ncn2)CC1)c1ccccc1. The molecule has 8 heteroatoms. The van der Waals surface area contributed by atoms with Crippen molar-refractivity contribution < 1.29 is 9.53 Å². The summed E-state index contributed by atoms with van der Waals surface area (Å²) in [6.07, 6.45) is 1.63. The number of rotatable bonds is 4. The monoisotopic (exact) mass is 396 g/mol. The Morgan fingerprint density at radius 1 is 0.966 bits per heavy atom. The summed E-state index contributed by atoms with van der Waals surface area (Å²) in [4.78, 5) is 27.8. The summed E-state index contributed by atoms with van der Waals surface area (Å²) in [6, 6.07) is 12.0. The van der Waals surface area contributed by atoms with Crippen LogP contribution in [0.3, 0.4) is 0 Å². The van der Waals surface area contributed by atoms with E-state index in [0.29, 0.717) is 13.1 Å². The number of morpholine rings is 1. The Bertz CT molecular complexity index is 804. The highest BCUT2D eigenvalue weighted by molar-refractivity contribution is 5.75. The van der Waals surface area contributed by atoms with Crippen molar-refractivity contribution in [3.8, 4) is 0 Å². The number of piperazine rings is 1. The zero-order chi connectivity index (χ0) is 20.1. The highest BCUT2D eigenvalue weighted by Crippen LogP contribution is 2.20. The van der Waals surface area contributed by atoms with Gasteiger partial charge in [0.1, 0.15) is 18.0 Å². The molecule has 2 aliphatic rings. The molecule has 4 rings (SSSR count). The highest BCUT2D eigenvalue weighted by Gasteiger charge is 2.24. The maximum Gasteiger partial charge on any atom is 0.317 e. The van der Waals surface area contributed by atoms with Crippen LogP contribution < -0.4 is 15.1 Å². The van der Waals surface area contributed by atoms with E-state index < -0.39 is 0 Å². The Balaban J connectivity index is 1.31. The fraction of sp³-hybridized carbons (Fsp3) is 0.476. The molecule has 0 saturated carbocycles. The van der Waals surface area contributed by atoms with E-state index in [1.807, 2.05) is 48.2 Å². The average molecular weight is 396 g/mol. The largest absolute Gasteiger partial charge is 0.378 e. The maximum atomic E-state index is 12.6. The topological polar surface area (TPSA) is 73.8 Å². The normalized spacial score (nSPS) is 18.4. The van der Waals surface area contributed by atoms with Gasteiger partial charge in [0.2, 0.25) is 0 Å². The van der Waals surface area contributed by atoms with Crippen LogP contribution in [-0.4, -0.2) is 73.4 Å². The van der Waals surface area contributed by atoms with Crippen molar-refractivity contribution in [2.45, 2.75) is 13.0 Å². The Morgan fingerprint density at radius 3 is 2.24 bits per heavy atom. The molecule has 2 saturated heterocycles. The first-order chi connectivity index (χ1) is 14.2. The van der Waals surface area contributed by atoms with E-state index in [9.17, 15) is 4.79 Å². The molecule has 2 fully saturated rings. The van der Waals surface area contributed by atoms with Crippen LogP contribution in [0.1, 0.15) is 18.5 Å². The van der Waals surface area contributed by atoms with Crippen molar-refractivity contribution in [2.24, 2.45) is 0 Å². The third kappa shape index (κ3) is 4.76. The van der Waals surface area contributed by atoms with E-state index in [4.69, 9.17) is 4.74 Å². The Hall–Kier alpha value is -2.87. The predicted molar refractivity (Wildman–Crippen MR) is 112 cm³/mol. The number of carbonyl (C=O) groups excluding carboxylic acids is 1. The molecule has 0 spiro atoms. The van der Waals surface area contributed by atoms with Crippen molar-refractivity contribution in [1.82, 2.24) is 20.2 Å². The first-order valence-corrected chi connectivity index (χ1v) is 10.2. The van der Waals surface area contributed by atoms with Crippen LogP contribution in [0, 0.1) is 0 Å². The van der Waals surface area contributed by atoms with Gasteiger partial charge in [-0.2, -0.15) is 0 Å². The fourth-order valence-corrected chi connectivity index (χ4v) is 3.72. The maximum absolute atomic E-state index is 12.6. The van der Waals surface area contributed by atoms with Gasteiger partial charge in [0, 0.05) is 45.3 Å². The van der Waals surface area contributed by atoms with Gasteiger partial charge in [-0.25, -0.2) is 14.8 Å². The molecule has 0 bridgehead atoms. The standard InChI is InChI=1S/C21H28N6O2/c1-17(18-5-3-2-4-6-18)24-21(28)27-9-7-25(8-10-27)19-15-20(23-16-22-19)26-11-13-29-14-12-26/h2-6,15-17H,7-14H2,1H3,(H,24,28)/t17-/m0/s1. The predicted octanol–water partition coefficient (Wildman–Crippen LogP) is 1.91. The molecular formula is C21H28N6O2. The van der Waals surface area contributed by atoms with Crippen LogP contribution in [0.5, 0.6) is 0 Å². The number of anilines is 2. The van der Waals surface area contributed by atoms with E-state index >= 15 is 0 Å². The van der Waals surface area contributed by atoms with Crippen molar-refractivity contribution in [1.29, 1.82) is 0 Å². The molecule has 154 valence electrons. The van der Waals surface area contributed by atoms with Gasteiger partial charge in [-0.15, -0.1) is 0 Å². The average Bonchev–Trinajstić information content (AvgIpc) is 2.80. The van der Waals surface area contributed by atoms with Crippen molar-refractivity contribution >= 4 is 17.7 Å². The molecule has 1 aromatic heterocycles. The Kier molecular flexibility index (Phi) is 6.09. The Labute approximate surface area is 171 Å². The van der Waals surface area contributed by atoms with Crippen molar-refractivity contribution in [3.63, 3.8) is 0 Å². The van der Waals surface area contributed by atoms with Gasteiger partial charge in [0.05, 0.1) is 19.3 Å². The molecule has 0 radical (unpaired) electrons. The third-order valence-corrected chi connectivity index (χ3v) is 5.50. The smallest absolute Gasteiger partial charge is 0.317 e. The van der Waals surface area contributed by atoms with Crippen LogP contribution in [0.4, 0.5) is 16.4 Å². The lowest BCUT2D eigenvalue weighted by Gasteiger charge is -2.36. The fourth-order valence-electron chi connectivity index (χ4n) is 3.72. The second kappa shape index (κ2) is 9.09. The molecule has 1 N–H and O–H groups in total. The Morgan fingerprint density at radius 2 is 1.59 bits per heavy atom. The summed E-state index contributed by atoms with van der Waals surface area (Å²) in [6.45, 7) is 8.03. The first kappa shape index (κ1) is 19.4. The summed E-state index contributed by atoms with van der Waals surface area (Å²) in [5.74, 6) is 1.86. The minimum Gasteiger partial charge on any atom is -0.378 e. The first-order valence-electron chi connectivity index (χ1n) is 10.2. The lowest BCUT2D eigenvalue weighted by molar-refractivity contribution is 0.122. The third-order valence-electron chi connectivity index (χ3n) is 5.50. The lowest BCUT2D eigenvalue weighted by atomic mass is 10.1. The van der Waals surface area contributed by atoms with E-state index in [-0.39, 0.29) is 12.1 Å². The zero-order valence-corrected chi connectivity index (χ0v) is 16.8. The summed E-state index contributed by atoms with van der Waals surface area (Å²) in [5, 5.41) is 3.10. The number of amides is 2. The molecule has 0 unspecified atom stereocenters. The van der Waals surface area contributed by atoms with Crippen molar-refractivity contribution in [2.75, 3.05) is 62.3 Å². The second-order valence-corrected chi connectivity index (χ2v) is 7.39. The van der Waals surface area contributed by atoms with Gasteiger partial charge in [0.15, 0.2) is 0 Å². The minimum absolute atomic E-state index is 0.0142. The zero-order valence-electron chi connectivity index (χ0n) is 16.8. The van der Waals surface area contributed by atoms with E-state index in [1.165, 1.54) is 0 Å². The van der Waals surface area contributed by atoms with E-state index in [0.717, 1.165) is 56.6 Å². The number of urea groups is 1. The summed E-state index contributed by atoms with van der Waals surface area (Å²) >= 11 is 0. The molecule has 3 heterocycles. The number of benzene rings is 1. The van der Waals surface area contributed by atoms with Gasteiger partial charge in [-0.3, -0.25) is 0 Å². The molecule has 1 aromatic carbocycles. The summed E-state index contributed by atoms with van der Waals surface area (Å²) < 4.78 is 5.42. The summed E-state index contributed by atoms with van der Waals surface area (Å²) in [5.41, 5.74) is 1.11. The van der Waals surface area contributed by atoms with Gasteiger partial charge >= 0.3 is 6.03 Å². The molecule has 2 amide bonds. The van der Waals surface area contributed by atoms with Gasteiger partial charge in [-0.05, 0) is 12.5 Å². The van der Waals surface area contributed by atoms with Crippen LogP contribution >= 0.6 is 0 Å². The van der Waals surface area contributed by atoms with Crippen LogP contribution in [0.25, 0.3) is 0 Å². The molecular weight excluding hydrogens is 368 g/mol. The number of nitrogens with one attached hydrogen (secondary N) is 1. The molecule has 1 atom stereocenters. The van der Waals surface area contributed by atoms with Crippen molar-refractivity contribution in [3.05, 3.63) is 48.3 Å². The number of hydrogen-bond acceptors (Lipinski definition) is 6. The van der Waals surface area contributed by atoms with Gasteiger partial charge in [-0.1, -0.05) is 30.3 Å². The van der Waals surface area contributed by atoms with E-state index in [2.05, 4.69) is 25.1 Å². The molecule has 0 aliphatic carbocycles. The molecule has 2 aliphatic heterocycles. The number of aromatic nitrogens is 2. The number of ether oxygens (including phenoxy) is 1. The number of carbonyl (C=O) groups is 1. The van der Waals surface area contributed by atoms with Gasteiger partial charge < -0.3 is 24.8 Å². The van der Waals surface area contributed by atoms with Crippen LogP contribution in [0.2, 0.25) is 0 Å². The second-order valence-electron chi connectivity index (χ2n) is 7.39. The molecule has 2 aromatic rings. The van der Waals surface area contributed by atoms with Crippen LogP contribution in [0.15, 0.2) is 42.7 Å². The minimum atomic E-state index is -0.0160. The molecule has 29 heavy (non-hydrogen) atoms. The number of hydrogen-bond donors (Lipinski definition) is 1. The van der Waals surface area contributed by atoms with E-state index in [1.54, 1.807) is 6.33 Å². The highest BCUT2D eigenvalue weighted by atomic mass is 16.5. The van der Waals surface area contributed by atoms with Crippen LogP contribution in [-0.2, 0) is 4.74 Å². The lowest BCUT2D eigenvalue weighted by Crippen LogP contribution is -2.52. The van der Waals surface area contributed by atoms with Gasteiger partial charge in [0.25, 0.3) is 0 Å². The number of nitrogens with zero attached hydrogens (tertiary/aromatic N) is 5. The summed E-state index contributed by atoms with van der Waals surface area (Å²) in [7, 11) is 0. The molecule has 8 nitrogen and oxygen atoms in total.